The number of halogens is 1. The number of nitrogens with zero attached hydrogens (tertiary/aromatic N) is 1. The predicted octanol–water partition coefficient (Wildman–Crippen LogP) is 7.29. The van der Waals surface area contributed by atoms with Gasteiger partial charge in [-0.05, 0) is 68.0 Å². The van der Waals surface area contributed by atoms with Crippen LogP contribution in [0.1, 0.15) is 54.3 Å². The highest BCUT2D eigenvalue weighted by atomic mass is 35.5. The van der Waals surface area contributed by atoms with E-state index in [0.717, 1.165) is 63.9 Å². The predicted molar refractivity (Wildman–Crippen MR) is 130 cm³/mol. The van der Waals surface area contributed by atoms with Gasteiger partial charge in [0.15, 0.2) is 0 Å². The first kappa shape index (κ1) is 23.1. The van der Waals surface area contributed by atoms with Gasteiger partial charge in [0.2, 0.25) is 0 Å². The zero-order chi connectivity index (χ0) is 22.5. The van der Waals surface area contributed by atoms with Crippen LogP contribution in [0.25, 0.3) is 11.3 Å². The number of hydrogen-bond acceptors (Lipinski definition) is 3. The average molecular weight is 438 g/mol. The third-order valence-electron chi connectivity index (χ3n) is 5.91. The van der Waals surface area contributed by atoms with E-state index in [1.54, 1.807) is 7.11 Å². The lowest BCUT2D eigenvalue weighted by molar-refractivity contribution is 0.294. The summed E-state index contributed by atoms with van der Waals surface area (Å²) in [6, 6.07) is 12.3. The summed E-state index contributed by atoms with van der Waals surface area (Å²) in [5.74, 6) is 1.65. The molecule has 164 valence electrons. The number of hydrogen-bond donors (Lipinski definition) is 0. The van der Waals surface area contributed by atoms with Gasteiger partial charge in [0.1, 0.15) is 18.1 Å². The molecule has 2 aromatic carbocycles. The smallest absolute Gasteiger partial charge is 0.132 e. The molecule has 3 nitrogen and oxygen atoms in total. The number of benzene rings is 2. The van der Waals surface area contributed by atoms with Crippen LogP contribution < -0.4 is 9.47 Å². The van der Waals surface area contributed by atoms with Gasteiger partial charge in [-0.2, -0.15) is 0 Å². The zero-order valence-corrected chi connectivity index (χ0v) is 20.2. The minimum absolute atomic E-state index is 0.393. The van der Waals surface area contributed by atoms with Crippen LogP contribution in [0.15, 0.2) is 36.4 Å². The van der Waals surface area contributed by atoms with Crippen LogP contribution >= 0.6 is 11.6 Å². The van der Waals surface area contributed by atoms with E-state index in [4.69, 9.17) is 26.1 Å². The second-order valence-electron chi connectivity index (χ2n) is 7.74. The normalized spacial score (nSPS) is 10.9. The summed E-state index contributed by atoms with van der Waals surface area (Å²) in [7, 11) is 1.72. The van der Waals surface area contributed by atoms with Gasteiger partial charge in [-0.15, -0.1) is 0 Å². The molecule has 0 saturated heterocycles. The van der Waals surface area contributed by atoms with Crippen LogP contribution in [0.2, 0.25) is 5.02 Å². The molecule has 0 spiro atoms. The molecular weight excluding hydrogens is 406 g/mol. The Bertz CT molecular complexity index is 1050. The zero-order valence-electron chi connectivity index (χ0n) is 19.4. The molecule has 0 bridgehead atoms. The van der Waals surface area contributed by atoms with E-state index in [9.17, 15) is 0 Å². The molecule has 0 aliphatic carbocycles. The van der Waals surface area contributed by atoms with Gasteiger partial charge in [0, 0.05) is 21.8 Å². The minimum atomic E-state index is 0.393. The lowest BCUT2D eigenvalue weighted by Crippen LogP contribution is -2.08. The molecule has 0 N–H and O–H groups in total. The summed E-state index contributed by atoms with van der Waals surface area (Å²) in [5, 5.41) is 0.770. The lowest BCUT2D eigenvalue weighted by Gasteiger charge is -2.20. The van der Waals surface area contributed by atoms with Crippen molar-refractivity contribution in [2.24, 2.45) is 0 Å². The molecule has 0 fully saturated rings. The third kappa shape index (κ3) is 4.72. The quantitative estimate of drug-likeness (QED) is 0.370. The topological polar surface area (TPSA) is 31.4 Å². The molecule has 1 aromatic heterocycles. The standard InChI is InChI=1S/C27H32ClNO2/c1-7-19-11-10-12-20(8-2)25(19)26-17(4)27(30-6)23(18(5)29-26)16-31-22-13-14-24(28)21(9-3)15-22/h10-15H,7-9,16H2,1-6H3. The highest BCUT2D eigenvalue weighted by Crippen LogP contribution is 2.37. The Morgan fingerprint density at radius 2 is 1.55 bits per heavy atom. The van der Waals surface area contributed by atoms with Gasteiger partial charge < -0.3 is 9.47 Å². The van der Waals surface area contributed by atoms with Crippen molar-refractivity contribution in [1.82, 2.24) is 4.98 Å². The Morgan fingerprint density at radius 3 is 2.13 bits per heavy atom. The van der Waals surface area contributed by atoms with Crippen LogP contribution in [-0.4, -0.2) is 12.1 Å². The fraction of sp³-hybridized carbons (Fsp3) is 0.370. The third-order valence-corrected chi connectivity index (χ3v) is 6.28. The van der Waals surface area contributed by atoms with Crippen molar-refractivity contribution in [1.29, 1.82) is 0 Å². The second-order valence-corrected chi connectivity index (χ2v) is 8.14. The van der Waals surface area contributed by atoms with Crippen LogP contribution in [0.3, 0.4) is 0 Å². The van der Waals surface area contributed by atoms with Crippen molar-refractivity contribution in [3.05, 3.63) is 74.9 Å². The molecule has 3 aromatic rings. The van der Waals surface area contributed by atoms with Crippen molar-refractivity contribution >= 4 is 11.6 Å². The summed E-state index contributed by atoms with van der Waals surface area (Å²) < 4.78 is 12.0. The van der Waals surface area contributed by atoms with Crippen LogP contribution in [0.5, 0.6) is 11.5 Å². The van der Waals surface area contributed by atoms with Gasteiger partial charge in [-0.1, -0.05) is 50.6 Å². The van der Waals surface area contributed by atoms with E-state index < -0.39 is 0 Å². The highest BCUT2D eigenvalue weighted by molar-refractivity contribution is 6.31. The van der Waals surface area contributed by atoms with Gasteiger partial charge >= 0.3 is 0 Å². The van der Waals surface area contributed by atoms with Crippen molar-refractivity contribution in [2.45, 2.75) is 60.5 Å². The molecule has 0 amide bonds. The Balaban J connectivity index is 2.03. The van der Waals surface area contributed by atoms with E-state index in [0.29, 0.717) is 6.61 Å². The van der Waals surface area contributed by atoms with Crippen molar-refractivity contribution in [3.8, 4) is 22.8 Å². The molecule has 31 heavy (non-hydrogen) atoms. The monoisotopic (exact) mass is 437 g/mol. The molecule has 4 heteroatoms. The summed E-state index contributed by atoms with van der Waals surface area (Å²) in [6.45, 7) is 11.0. The van der Waals surface area contributed by atoms with Crippen LogP contribution in [0.4, 0.5) is 0 Å². The number of ether oxygens (including phenoxy) is 2. The number of rotatable bonds is 8. The summed E-state index contributed by atoms with van der Waals surface area (Å²) in [4.78, 5) is 5.05. The van der Waals surface area contributed by atoms with E-state index >= 15 is 0 Å². The van der Waals surface area contributed by atoms with Gasteiger partial charge in [-0.3, -0.25) is 4.98 Å². The van der Waals surface area contributed by atoms with E-state index in [2.05, 4.69) is 45.9 Å². The first-order valence-corrected chi connectivity index (χ1v) is 11.4. The maximum absolute atomic E-state index is 6.25. The molecule has 1 heterocycles. The maximum atomic E-state index is 6.25. The highest BCUT2D eigenvalue weighted by Gasteiger charge is 2.20. The molecular formula is C27H32ClNO2. The van der Waals surface area contributed by atoms with Gasteiger partial charge in [0.25, 0.3) is 0 Å². The van der Waals surface area contributed by atoms with Crippen LogP contribution in [0, 0.1) is 13.8 Å². The SMILES string of the molecule is CCc1cc(OCc2c(C)nc(-c3c(CC)cccc3CC)c(C)c2OC)ccc1Cl. The molecule has 0 atom stereocenters. The Labute approximate surface area is 191 Å². The van der Waals surface area contributed by atoms with Gasteiger partial charge in [0.05, 0.1) is 18.4 Å². The number of pyridine rings is 1. The van der Waals surface area contributed by atoms with E-state index in [1.165, 1.54) is 16.7 Å². The number of methoxy groups -OCH3 is 1. The molecule has 0 aliphatic heterocycles. The number of aromatic nitrogens is 1. The molecule has 0 radical (unpaired) electrons. The van der Waals surface area contributed by atoms with E-state index in [-0.39, 0.29) is 0 Å². The number of aryl methyl sites for hydroxylation is 4. The minimum Gasteiger partial charge on any atom is -0.496 e. The molecule has 0 unspecified atom stereocenters. The fourth-order valence-electron chi connectivity index (χ4n) is 4.12. The van der Waals surface area contributed by atoms with Crippen LogP contribution in [-0.2, 0) is 25.9 Å². The van der Waals surface area contributed by atoms with Crippen molar-refractivity contribution < 1.29 is 9.47 Å². The van der Waals surface area contributed by atoms with E-state index in [1.807, 2.05) is 25.1 Å². The first-order chi connectivity index (χ1) is 14.9. The lowest BCUT2D eigenvalue weighted by atomic mass is 9.91. The summed E-state index contributed by atoms with van der Waals surface area (Å²) in [5.41, 5.74) is 8.90. The molecule has 0 aliphatic rings. The summed E-state index contributed by atoms with van der Waals surface area (Å²) >= 11 is 6.25. The maximum Gasteiger partial charge on any atom is 0.132 e. The van der Waals surface area contributed by atoms with Crippen molar-refractivity contribution in [2.75, 3.05) is 7.11 Å². The average Bonchev–Trinajstić information content (AvgIpc) is 2.79. The molecule has 0 saturated carbocycles. The largest absolute Gasteiger partial charge is 0.496 e. The van der Waals surface area contributed by atoms with Gasteiger partial charge in [-0.25, -0.2) is 0 Å². The second kappa shape index (κ2) is 10.2. The fourth-order valence-corrected chi connectivity index (χ4v) is 4.37. The Kier molecular flexibility index (Phi) is 7.61. The van der Waals surface area contributed by atoms with Crippen molar-refractivity contribution in [3.63, 3.8) is 0 Å². The first-order valence-electron chi connectivity index (χ1n) is 11.0. The Morgan fingerprint density at radius 1 is 0.903 bits per heavy atom. The summed E-state index contributed by atoms with van der Waals surface area (Å²) in [6.07, 6.45) is 2.80. The molecule has 3 rings (SSSR count). The Hall–Kier alpha value is -2.52.